The number of halogens is 2. The van der Waals surface area contributed by atoms with Crippen LogP contribution in [0.15, 0.2) is 24.3 Å². The molecule has 24 heavy (non-hydrogen) atoms. The van der Waals surface area contributed by atoms with Crippen LogP contribution in [-0.2, 0) is 0 Å². The number of piperidine rings is 1. The first-order chi connectivity index (χ1) is 11.1. The van der Waals surface area contributed by atoms with E-state index in [0.29, 0.717) is 23.3 Å². The third kappa shape index (κ3) is 3.71. The number of nitrogens with one attached hydrogen (secondary N) is 1. The fourth-order valence-electron chi connectivity index (χ4n) is 2.93. The van der Waals surface area contributed by atoms with Gasteiger partial charge in [0.2, 0.25) is 0 Å². The molecule has 2 heterocycles. The van der Waals surface area contributed by atoms with Crippen LogP contribution in [0.5, 0.6) is 0 Å². The van der Waals surface area contributed by atoms with Crippen LogP contribution < -0.4 is 5.32 Å². The van der Waals surface area contributed by atoms with E-state index < -0.39 is 0 Å². The lowest BCUT2D eigenvalue weighted by Crippen LogP contribution is -2.47. The van der Waals surface area contributed by atoms with Crippen LogP contribution in [0, 0.1) is 6.92 Å². The molecule has 1 aliphatic heterocycles. The lowest BCUT2D eigenvalue weighted by molar-refractivity contribution is 0.0691. The van der Waals surface area contributed by atoms with E-state index in [1.807, 2.05) is 31.0 Å². The van der Waals surface area contributed by atoms with Crippen molar-refractivity contribution in [1.82, 2.24) is 25.2 Å². The molecule has 1 atom stereocenters. The maximum atomic E-state index is 12.7. The van der Waals surface area contributed by atoms with Gasteiger partial charge in [-0.15, -0.1) is 17.5 Å². The molecular weight excluding hydrogens is 349 g/mol. The quantitative estimate of drug-likeness (QED) is 0.902. The van der Waals surface area contributed by atoms with E-state index in [1.165, 1.54) is 0 Å². The molecule has 1 unspecified atom stereocenters. The van der Waals surface area contributed by atoms with Crippen molar-refractivity contribution in [3.05, 3.63) is 40.7 Å². The van der Waals surface area contributed by atoms with Crippen LogP contribution >= 0.6 is 24.0 Å². The standard InChI is InChI=1S/C16H20ClN5O.ClH/c1-11-15(16(23)21-8-4-6-13(10-21)18-2)19-20-22(11)14-7-3-5-12(17)9-14;/h3,5,7,9,13,18H,4,6,8,10H2,1-2H3;1H. The molecule has 0 saturated carbocycles. The molecular formula is C16H21Cl2N5O. The number of aromatic nitrogens is 3. The molecule has 8 heteroatoms. The largest absolute Gasteiger partial charge is 0.336 e. The number of carbonyl (C=O) groups is 1. The van der Waals surface area contributed by atoms with Crippen molar-refractivity contribution in [3.8, 4) is 5.69 Å². The number of hydrogen-bond acceptors (Lipinski definition) is 4. The summed E-state index contributed by atoms with van der Waals surface area (Å²) in [5.41, 5.74) is 1.93. The van der Waals surface area contributed by atoms with Gasteiger partial charge in [-0.25, -0.2) is 4.68 Å². The van der Waals surface area contributed by atoms with Crippen molar-refractivity contribution in [3.63, 3.8) is 0 Å². The predicted molar refractivity (Wildman–Crippen MR) is 96.3 cm³/mol. The van der Waals surface area contributed by atoms with Crippen LogP contribution in [0.2, 0.25) is 5.02 Å². The van der Waals surface area contributed by atoms with Crippen LogP contribution in [0.3, 0.4) is 0 Å². The molecule has 1 fully saturated rings. The van der Waals surface area contributed by atoms with Gasteiger partial charge in [-0.3, -0.25) is 4.79 Å². The summed E-state index contributed by atoms with van der Waals surface area (Å²) in [6, 6.07) is 7.68. The highest BCUT2D eigenvalue weighted by Crippen LogP contribution is 2.19. The number of amides is 1. The maximum absolute atomic E-state index is 12.7. The summed E-state index contributed by atoms with van der Waals surface area (Å²) in [5.74, 6) is -0.0595. The molecule has 2 aromatic rings. The molecule has 130 valence electrons. The summed E-state index contributed by atoms with van der Waals surface area (Å²) >= 11 is 6.03. The van der Waals surface area contributed by atoms with Gasteiger partial charge in [0.15, 0.2) is 5.69 Å². The van der Waals surface area contributed by atoms with E-state index in [4.69, 9.17) is 11.6 Å². The van der Waals surface area contributed by atoms with Gasteiger partial charge in [-0.2, -0.15) is 0 Å². The first-order valence-electron chi connectivity index (χ1n) is 7.75. The number of likely N-dealkylation sites (N-methyl/N-ethyl adjacent to an activating group) is 1. The monoisotopic (exact) mass is 369 g/mol. The fourth-order valence-corrected chi connectivity index (χ4v) is 3.11. The Morgan fingerprint density at radius 3 is 2.92 bits per heavy atom. The molecule has 0 radical (unpaired) electrons. The molecule has 1 amide bonds. The summed E-state index contributed by atoms with van der Waals surface area (Å²) in [7, 11) is 1.93. The number of benzene rings is 1. The Balaban J connectivity index is 0.00000208. The highest BCUT2D eigenvalue weighted by molar-refractivity contribution is 6.30. The topological polar surface area (TPSA) is 63.1 Å². The van der Waals surface area contributed by atoms with Crippen LogP contribution in [0.1, 0.15) is 29.0 Å². The highest BCUT2D eigenvalue weighted by atomic mass is 35.5. The SMILES string of the molecule is CNC1CCCN(C(=O)c2nnn(-c3cccc(Cl)c3)c2C)C1.Cl. The molecule has 1 saturated heterocycles. The van der Waals surface area contributed by atoms with Crippen LogP contribution in [-0.4, -0.2) is 52.0 Å². The second-order valence-electron chi connectivity index (χ2n) is 5.79. The van der Waals surface area contributed by atoms with Gasteiger partial charge in [0.25, 0.3) is 5.91 Å². The number of carbonyl (C=O) groups excluding carboxylic acids is 1. The first-order valence-corrected chi connectivity index (χ1v) is 8.12. The minimum atomic E-state index is -0.0595. The lowest BCUT2D eigenvalue weighted by atomic mass is 10.1. The number of hydrogen-bond donors (Lipinski definition) is 1. The zero-order chi connectivity index (χ0) is 16.4. The molecule has 1 aliphatic rings. The first kappa shape index (κ1) is 18.7. The highest BCUT2D eigenvalue weighted by Gasteiger charge is 2.27. The average Bonchev–Trinajstić information content (AvgIpc) is 2.96. The fraction of sp³-hybridized carbons (Fsp3) is 0.438. The lowest BCUT2D eigenvalue weighted by Gasteiger charge is -2.32. The van der Waals surface area contributed by atoms with Crippen LogP contribution in [0.25, 0.3) is 5.69 Å². The van der Waals surface area contributed by atoms with Gasteiger partial charge in [0, 0.05) is 24.2 Å². The molecule has 1 N–H and O–H groups in total. The van der Waals surface area contributed by atoms with Crippen LogP contribution in [0.4, 0.5) is 0 Å². The third-order valence-corrected chi connectivity index (χ3v) is 4.50. The molecule has 6 nitrogen and oxygen atoms in total. The predicted octanol–water partition coefficient (Wildman–Crippen LogP) is 2.47. The normalized spacial score (nSPS) is 17.5. The third-order valence-electron chi connectivity index (χ3n) is 4.27. The summed E-state index contributed by atoms with van der Waals surface area (Å²) < 4.78 is 1.65. The summed E-state index contributed by atoms with van der Waals surface area (Å²) in [5, 5.41) is 12.1. The van der Waals surface area contributed by atoms with Crippen molar-refractivity contribution >= 4 is 29.9 Å². The molecule has 1 aromatic heterocycles. The summed E-state index contributed by atoms with van der Waals surface area (Å²) in [4.78, 5) is 14.6. The number of likely N-dealkylation sites (tertiary alicyclic amines) is 1. The van der Waals surface area contributed by atoms with E-state index in [1.54, 1.807) is 16.8 Å². The summed E-state index contributed by atoms with van der Waals surface area (Å²) in [6.07, 6.45) is 2.09. The number of rotatable bonds is 3. The molecule has 3 rings (SSSR count). The second kappa shape index (κ2) is 7.96. The minimum Gasteiger partial charge on any atom is -0.336 e. The Kier molecular flexibility index (Phi) is 6.21. The Morgan fingerprint density at radius 2 is 2.21 bits per heavy atom. The van der Waals surface area contributed by atoms with E-state index in [9.17, 15) is 4.79 Å². The Bertz CT molecular complexity index is 718. The van der Waals surface area contributed by atoms with Gasteiger partial charge < -0.3 is 10.2 Å². The van der Waals surface area contributed by atoms with E-state index in [-0.39, 0.29) is 18.3 Å². The van der Waals surface area contributed by atoms with Gasteiger partial charge in [-0.1, -0.05) is 22.9 Å². The van der Waals surface area contributed by atoms with Crippen molar-refractivity contribution in [1.29, 1.82) is 0 Å². The van der Waals surface area contributed by atoms with Crippen molar-refractivity contribution < 1.29 is 4.79 Å². The van der Waals surface area contributed by atoms with Crippen molar-refractivity contribution in [2.45, 2.75) is 25.8 Å². The zero-order valence-corrected chi connectivity index (χ0v) is 15.3. The van der Waals surface area contributed by atoms with Gasteiger partial charge >= 0.3 is 0 Å². The molecule has 0 aliphatic carbocycles. The Morgan fingerprint density at radius 1 is 1.42 bits per heavy atom. The molecule has 1 aromatic carbocycles. The Hall–Kier alpha value is -1.63. The minimum absolute atomic E-state index is 0. The maximum Gasteiger partial charge on any atom is 0.276 e. The zero-order valence-electron chi connectivity index (χ0n) is 13.7. The van der Waals surface area contributed by atoms with Gasteiger partial charge in [-0.05, 0) is 45.0 Å². The van der Waals surface area contributed by atoms with Gasteiger partial charge in [0.1, 0.15) is 0 Å². The van der Waals surface area contributed by atoms with E-state index in [2.05, 4.69) is 15.6 Å². The van der Waals surface area contributed by atoms with Crippen molar-refractivity contribution in [2.75, 3.05) is 20.1 Å². The number of nitrogens with zero attached hydrogens (tertiary/aromatic N) is 4. The van der Waals surface area contributed by atoms with E-state index in [0.717, 1.165) is 30.8 Å². The molecule has 0 bridgehead atoms. The summed E-state index contributed by atoms with van der Waals surface area (Å²) in [6.45, 7) is 3.33. The second-order valence-corrected chi connectivity index (χ2v) is 6.23. The Labute approximate surface area is 152 Å². The average molecular weight is 370 g/mol. The van der Waals surface area contributed by atoms with E-state index >= 15 is 0 Å². The molecule has 0 spiro atoms. The van der Waals surface area contributed by atoms with Gasteiger partial charge in [0.05, 0.1) is 11.4 Å². The van der Waals surface area contributed by atoms with Crippen molar-refractivity contribution in [2.24, 2.45) is 0 Å². The smallest absolute Gasteiger partial charge is 0.276 e.